The maximum absolute atomic E-state index is 4.54. The third-order valence-corrected chi connectivity index (χ3v) is 2.02. The first kappa shape index (κ1) is 10.0. The van der Waals surface area contributed by atoms with Crippen molar-refractivity contribution in [1.29, 1.82) is 0 Å². The highest BCUT2D eigenvalue weighted by Gasteiger charge is 2.20. The van der Waals surface area contributed by atoms with Crippen molar-refractivity contribution in [2.45, 2.75) is 20.8 Å². The number of allylic oxidation sites excluding steroid dienone is 1. The molecule has 2 heteroatoms. The summed E-state index contributed by atoms with van der Waals surface area (Å²) in [7, 11) is 2.06. The van der Waals surface area contributed by atoms with E-state index in [4.69, 9.17) is 0 Å². The second kappa shape index (κ2) is 3.36. The highest BCUT2D eigenvalue weighted by molar-refractivity contribution is 5.97. The Bertz CT molecular complexity index is 266. The van der Waals surface area contributed by atoms with Gasteiger partial charge in [-0.2, -0.15) is 0 Å². The molecule has 1 heterocycles. The third-order valence-electron chi connectivity index (χ3n) is 2.02. The molecule has 0 radical (unpaired) electrons. The van der Waals surface area contributed by atoms with Crippen LogP contribution >= 0.6 is 0 Å². The van der Waals surface area contributed by atoms with E-state index in [9.17, 15) is 0 Å². The summed E-state index contributed by atoms with van der Waals surface area (Å²) in [6.07, 6.45) is 3.93. The van der Waals surface area contributed by atoms with Gasteiger partial charge in [0.15, 0.2) is 0 Å². The normalized spacial score (nSPS) is 18.0. The third kappa shape index (κ3) is 2.44. The van der Waals surface area contributed by atoms with Gasteiger partial charge in [-0.1, -0.05) is 27.4 Å². The molecule has 0 aromatic rings. The van der Waals surface area contributed by atoms with Gasteiger partial charge >= 0.3 is 0 Å². The topological polar surface area (TPSA) is 15.6 Å². The first-order valence-corrected chi connectivity index (χ1v) is 4.56. The Hall–Kier alpha value is -1.05. The summed E-state index contributed by atoms with van der Waals surface area (Å²) in [4.78, 5) is 6.68. The summed E-state index contributed by atoms with van der Waals surface area (Å²) in [5.74, 6) is 0. The van der Waals surface area contributed by atoms with Crippen LogP contribution in [0.25, 0.3) is 0 Å². The summed E-state index contributed by atoms with van der Waals surface area (Å²) in [5, 5.41) is 0. The van der Waals surface area contributed by atoms with Gasteiger partial charge in [0.25, 0.3) is 0 Å². The molecule has 0 bridgehead atoms. The summed E-state index contributed by atoms with van der Waals surface area (Å²) >= 11 is 0. The molecular weight excluding hydrogens is 160 g/mol. The molecule has 0 atom stereocenters. The quantitative estimate of drug-likeness (QED) is 0.602. The Morgan fingerprint density at radius 1 is 1.54 bits per heavy atom. The van der Waals surface area contributed by atoms with Gasteiger partial charge < -0.3 is 4.90 Å². The fourth-order valence-electron chi connectivity index (χ4n) is 1.20. The van der Waals surface area contributed by atoms with E-state index in [1.165, 1.54) is 0 Å². The number of rotatable bonds is 1. The van der Waals surface area contributed by atoms with Crippen LogP contribution in [0.5, 0.6) is 0 Å². The molecule has 1 rings (SSSR count). The molecule has 72 valence electrons. The van der Waals surface area contributed by atoms with Gasteiger partial charge in [0, 0.05) is 18.7 Å². The van der Waals surface area contributed by atoms with Gasteiger partial charge in [-0.25, -0.2) is 0 Å². The standard InChI is InChI=1S/C11H18N2/c1-6-9-7-13(5)8-10(12-9)11(2,3)4/h6,8H,1,7H2,2-5H3. The first-order chi connectivity index (χ1) is 5.93. The Balaban J connectivity index is 2.97. The molecule has 0 unspecified atom stereocenters. The predicted octanol–water partition coefficient (Wildman–Crippen LogP) is 2.45. The van der Waals surface area contributed by atoms with Gasteiger partial charge in [-0.05, 0) is 6.08 Å². The van der Waals surface area contributed by atoms with Crippen LogP contribution in [0.1, 0.15) is 20.8 Å². The molecule has 0 spiro atoms. The zero-order valence-corrected chi connectivity index (χ0v) is 8.96. The van der Waals surface area contributed by atoms with Crippen LogP contribution < -0.4 is 0 Å². The molecule has 0 aromatic carbocycles. The first-order valence-electron chi connectivity index (χ1n) is 4.56. The van der Waals surface area contributed by atoms with Crippen LogP contribution in [0.2, 0.25) is 0 Å². The van der Waals surface area contributed by atoms with Crippen LogP contribution in [0.15, 0.2) is 29.5 Å². The molecule has 0 fully saturated rings. The van der Waals surface area contributed by atoms with Gasteiger partial charge in [-0.15, -0.1) is 0 Å². The maximum Gasteiger partial charge on any atom is 0.0619 e. The van der Waals surface area contributed by atoms with E-state index >= 15 is 0 Å². The lowest BCUT2D eigenvalue weighted by atomic mass is 9.92. The van der Waals surface area contributed by atoms with Crippen LogP contribution in [-0.2, 0) is 0 Å². The van der Waals surface area contributed by atoms with E-state index in [1.54, 1.807) is 0 Å². The van der Waals surface area contributed by atoms with Gasteiger partial charge in [0.05, 0.1) is 18.0 Å². The van der Waals surface area contributed by atoms with E-state index in [-0.39, 0.29) is 5.41 Å². The number of aliphatic imine (C=N–C) groups is 1. The van der Waals surface area contributed by atoms with Gasteiger partial charge in [-0.3, -0.25) is 4.99 Å². The van der Waals surface area contributed by atoms with Crippen LogP contribution in [0, 0.1) is 5.41 Å². The minimum atomic E-state index is 0.114. The van der Waals surface area contributed by atoms with E-state index in [1.807, 2.05) is 6.08 Å². The number of nitrogens with zero attached hydrogens (tertiary/aromatic N) is 2. The van der Waals surface area contributed by atoms with Crippen molar-refractivity contribution < 1.29 is 0 Å². The SMILES string of the molecule is C=CC1=NC(C(C)(C)C)=CN(C)C1. The van der Waals surface area contributed by atoms with Crippen LogP contribution in [0.3, 0.4) is 0 Å². The minimum absolute atomic E-state index is 0.114. The summed E-state index contributed by atoms with van der Waals surface area (Å²) < 4.78 is 0. The zero-order chi connectivity index (χ0) is 10.1. The molecule has 0 aromatic heterocycles. The van der Waals surface area contributed by atoms with Crippen LogP contribution in [0.4, 0.5) is 0 Å². The van der Waals surface area contributed by atoms with Crippen LogP contribution in [-0.4, -0.2) is 24.2 Å². The molecule has 13 heavy (non-hydrogen) atoms. The Labute approximate surface area is 80.7 Å². The van der Waals surface area contributed by atoms with Crippen molar-refractivity contribution in [3.8, 4) is 0 Å². The average molecular weight is 178 g/mol. The van der Waals surface area contributed by atoms with E-state index in [2.05, 4.69) is 50.5 Å². The van der Waals surface area contributed by atoms with Crippen molar-refractivity contribution in [3.63, 3.8) is 0 Å². The zero-order valence-electron chi connectivity index (χ0n) is 8.96. The van der Waals surface area contributed by atoms with Gasteiger partial charge in [0.1, 0.15) is 0 Å². The predicted molar refractivity (Wildman–Crippen MR) is 57.8 cm³/mol. The number of hydrogen-bond acceptors (Lipinski definition) is 2. The minimum Gasteiger partial charge on any atom is -0.373 e. The maximum atomic E-state index is 4.54. The molecule has 1 aliphatic heterocycles. The lowest BCUT2D eigenvalue weighted by Gasteiger charge is -2.27. The summed E-state index contributed by atoms with van der Waals surface area (Å²) in [6, 6.07) is 0. The van der Waals surface area contributed by atoms with Crippen molar-refractivity contribution >= 4 is 5.71 Å². The lowest BCUT2D eigenvalue weighted by molar-refractivity contribution is 0.444. The van der Waals surface area contributed by atoms with Gasteiger partial charge in [0.2, 0.25) is 0 Å². The van der Waals surface area contributed by atoms with E-state index in [0.29, 0.717) is 0 Å². The smallest absolute Gasteiger partial charge is 0.0619 e. The average Bonchev–Trinajstić information content (AvgIpc) is 2.01. The molecule has 1 aliphatic rings. The second-order valence-corrected chi connectivity index (χ2v) is 4.49. The molecule has 0 N–H and O–H groups in total. The van der Waals surface area contributed by atoms with E-state index in [0.717, 1.165) is 18.0 Å². The molecular formula is C11H18N2. The molecule has 0 aliphatic carbocycles. The van der Waals surface area contributed by atoms with Crippen molar-refractivity contribution in [1.82, 2.24) is 4.90 Å². The summed E-state index contributed by atoms with van der Waals surface area (Å²) in [5.41, 5.74) is 2.29. The Kier molecular flexibility index (Phi) is 2.60. The summed E-state index contributed by atoms with van der Waals surface area (Å²) in [6.45, 7) is 11.1. The Morgan fingerprint density at radius 3 is 2.62 bits per heavy atom. The molecule has 0 saturated carbocycles. The van der Waals surface area contributed by atoms with Crippen molar-refractivity contribution in [2.75, 3.05) is 13.6 Å². The Morgan fingerprint density at radius 2 is 2.15 bits per heavy atom. The van der Waals surface area contributed by atoms with Crippen molar-refractivity contribution in [2.24, 2.45) is 10.4 Å². The molecule has 0 amide bonds. The largest absolute Gasteiger partial charge is 0.373 e. The monoisotopic (exact) mass is 178 g/mol. The fraction of sp³-hybridized carbons (Fsp3) is 0.545. The lowest BCUT2D eigenvalue weighted by Crippen LogP contribution is -2.26. The fourth-order valence-corrected chi connectivity index (χ4v) is 1.20. The highest BCUT2D eigenvalue weighted by Crippen LogP contribution is 2.28. The molecule has 2 nitrogen and oxygen atoms in total. The van der Waals surface area contributed by atoms with E-state index < -0.39 is 0 Å². The highest BCUT2D eigenvalue weighted by atomic mass is 15.1. The molecule has 0 saturated heterocycles. The van der Waals surface area contributed by atoms with Crippen molar-refractivity contribution in [3.05, 3.63) is 24.6 Å². The second-order valence-electron chi connectivity index (χ2n) is 4.49. The number of hydrogen-bond donors (Lipinski definition) is 0.